The van der Waals surface area contributed by atoms with Crippen molar-refractivity contribution in [2.45, 2.75) is 46.0 Å². The maximum absolute atomic E-state index is 12.3. The number of amides is 1. The molecule has 1 aliphatic heterocycles. The number of carbonyl (C=O) groups is 1. The van der Waals surface area contributed by atoms with Crippen LogP contribution in [0.25, 0.3) is 22.6 Å². The SMILES string of the molecule is Cc1ccc2oc(-c3nnc(C(=O)NCCCN4CCCCCC4)o3)c(C)c2c1. The van der Waals surface area contributed by atoms with E-state index in [9.17, 15) is 4.79 Å². The fourth-order valence-electron chi connectivity index (χ4n) is 3.89. The topological polar surface area (TPSA) is 84.4 Å². The molecule has 0 saturated carbocycles. The summed E-state index contributed by atoms with van der Waals surface area (Å²) in [6.07, 6.45) is 6.12. The number of hydrogen-bond acceptors (Lipinski definition) is 6. The average molecular weight is 396 g/mol. The molecular weight excluding hydrogens is 368 g/mol. The van der Waals surface area contributed by atoms with Crippen molar-refractivity contribution in [3.8, 4) is 11.7 Å². The van der Waals surface area contributed by atoms with Crippen molar-refractivity contribution >= 4 is 16.9 Å². The van der Waals surface area contributed by atoms with Gasteiger partial charge in [-0.25, -0.2) is 0 Å². The third kappa shape index (κ3) is 4.50. The van der Waals surface area contributed by atoms with Crippen LogP contribution in [0.3, 0.4) is 0 Å². The summed E-state index contributed by atoms with van der Waals surface area (Å²) in [5, 5.41) is 11.8. The molecule has 154 valence electrons. The lowest BCUT2D eigenvalue weighted by Crippen LogP contribution is -2.30. The molecule has 3 aromatic rings. The highest BCUT2D eigenvalue weighted by Crippen LogP contribution is 2.32. The van der Waals surface area contributed by atoms with Gasteiger partial charge < -0.3 is 19.1 Å². The van der Waals surface area contributed by atoms with Crippen molar-refractivity contribution < 1.29 is 13.6 Å². The molecule has 0 unspecified atom stereocenters. The van der Waals surface area contributed by atoms with Crippen LogP contribution in [-0.2, 0) is 0 Å². The smallest absolute Gasteiger partial charge is 0.308 e. The molecular formula is C22H28N4O3. The molecule has 1 amide bonds. The molecule has 4 rings (SSSR count). The van der Waals surface area contributed by atoms with Crippen molar-refractivity contribution in [2.24, 2.45) is 0 Å². The van der Waals surface area contributed by atoms with Crippen LogP contribution in [0.4, 0.5) is 0 Å². The van der Waals surface area contributed by atoms with Crippen LogP contribution in [0, 0.1) is 13.8 Å². The number of likely N-dealkylation sites (tertiary alicyclic amines) is 1. The number of nitrogens with one attached hydrogen (secondary N) is 1. The number of nitrogens with zero attached hydrogens (tertiary/aromatic N) is 3. The van der Waals surface area contributed by atoms with Crippen molar-refractivity contribution in [1.29, 1.82) is 0 Å². The summed E-state index contributed by atoms with van der Waals surface area (Å²) < 4.78 is 11.5. The second-order valence-electron chi connectivity index (χ2n) is 7.83. The predicted molar refractivity (Wildman–Crippen MR) is 111 cm³/mol. The molecule has 0 bridgehead atoms. The third-order valence-electron chi connectivity index (χ3n) is 5.54. The van der Waals surface area contributed by atoms with Gasteiger partial charge >= 0.3 is 11.8 Å². The van der Waals surface area contributed by atoms with Crippen molar-refractivity contribution in [1.82, 2.24) is 20.4 Å². The van der Waals surface area contributed by atoms with E-state index in [-0.39, 0.29) is 17.7 Å². The molecule has 0 aliphatic carbocycles. The van der Waals surface area contributed by atoms with E-state index in [1.807, 2.05) is 26.0 Å². The number of fused-ring (bicyclic) bond motifs is 1. The van der Waals surface area contributed by atoms with Crippen LogP contribution in [-0.4, -0.2) is 47.2 Å². The minimum absolute atomic E-state index is 0.0363. The van der Waals surface area contributed by atoms with E-state index in [0.717, 1.165) is 48.2 Å². The van der Waals surface area contributed by atoms with Crippen LogP contribution in [0.1, 0.15) is 53.9 Å². The Morgan fingerprint density at radius 2 is 1.90 bits per heavy atom. The second kappa shape index (κ2) is 8.78. The Balaban J connectivity index is 1.35. The van der Waals surface area contributed by atoms with E-state index < -0.39 is 0 Å². The number of aromatic nitrogens is 2. The Bertz CT molecular complexity index is 983. The van der Waals surface area contributed by atoms with Gasteiger partial charge in [0, 0.05) is 17.5 Å². The lowest BCUT2D eigenvalue weighted by molar-refractivity contribution is 0.0917. The summed E-state index contributed by atoms with van der Waals surface area (Å²) in [6.45, 7) is 7.92. The Morgan fingerprint density at radius 1 is 1.10 bits per heavy atom. The minimum Gasteiger partial charge on any atom is -0.451 e. The zero-order chi connectivity index (χ0) is 20.2. The van der Waals surface area contributed by atoms with E-state index >= 15 is 0 Å². The van der Waals surface area contributed by atoms with Gasteiger partial charge in [-0.2, -0.15) is 0 Å². The lowest BCUT2D eigenvalue weighted by atomic mass is 10.1. The first-order valence-electron chi connectivity index (χ1n) is 10.5. The first-order valence-corrected chi connectivity index (χ1v) is 10.5. The molecule has 0 spiro atoms. The average Bonchev–Trinajstić information content (AvgIpc) is 3.22. The maximum Gasteiger partial charge on any atom is 0.308 e. The molecule has 29 heavy (non-hydrogen) atoms. The van der Waals surface area contributed by atoms with Gasteiger partial charge in [-0.15, -0.1) is 10.2 Å². The van der Waals surface area contributed by atoms with E-state index in [4.69, 9.17) is 8.83 Å². The molecule has 7 heteroatoms. The maximum atomic E-state index is 12.3. The second-order valence-corrected chi connectivity index (χ2v) is 7.83. The molecule has 0 atom stereocenters. The monoisotopic (exact) mass is 396 g/mol. The molecule has 1 aliphatic rings. The molecule has 2 aromatic heterocycles. The number of hydrogen-bond donors (Lipinski definition) is 1. The van der Waals surface area contributed by atoms with Crippen LogP contribution in [0.15, 0.2) is 27.0 Å². The zero-order valence-electron chi connectivity index (χ0n) is 17.2. The largest absolute Gasteiger partial charge is 0.451 e. The molecule has 7 nitrogen and oxygen atoms in total. The van der Waals surface area contributed by atoms with Crippen LogP contribution in [0.5, 0.6) is 0 Å². The standard InChI is InChI=1S/C22H28N4O3/c1-15-8-9-18-17(14-15)16(2)19(28-18)21-24-25-22(29-21)20(27)23-10-7-13-26-11-5-3-4-6-12-26/h8-9,14H,3-7,10-13H2,1-2H3,(H,23,27). The van der Waals surface area contributed by atoms with Crippen LogP contribution < -0.4 is 5.32 Å². The van der Waals surface area contributed by atoms with Crippen molar-refractivity contribution in [2.75, 3.05) is 26.2 Å². The fourth-order valence-corrected chi connectivity index (χ4v) is 3.89. The van der Waals surface area contributed by atoms with Crippen LogP contribution in [0.2, 0.25) is 0 Å². The number of rotatable bonds is 6. The van der Waals surface area contributed by atoms with Gasteiger partial charge in [-0.1, -0.05) is 24.5 Å². The van der Waals surface area contributed by atoms with Gasteiger partial charge in [-0.3, -0.25) is 4.79 Å². The van der Waals surface area contributed by atoms with Crippen molar-refractivity contribution in [3.05, 3.63) is 35.2 Å². The molecule has 1 saturated heterocycles. The highest BCUT2D eigenvalue weighted by molar-refractivity contribution is 5.90. The van der Waals surface area contributed by atoms with Gasteiger partial charge in [0.05, 0.1) is 0 Å². The number of carbonyl (C=O) groups excluding carboxylic acids is 1. The van der Waals surface area contributed by atoms with Gasteiger partial charge in [0.15, 0.2) is 5.76 Å². The molecule has 3 heterocycles. The Kier molecular flexibility index (Phi) is 5.94. The lowest BCUT2D eigenvalue weighted by Gasteiger charge is -2.19. The first kappa shape index (κ1) is 19.6. The summed E-state index contributed by atoms with van der Waals surface area (Å²) in [5.41, 5.74) is 2.84. The molecule has 1 N–H and O–H groups in total. The third-order valence-corrected chi connectivity index (χ3v) is 5.54. The van der Waals surface area contributed by atoms with Crippen LogP contribution >= 0.6 is 0 Å². The summed E-state index contributed by atoms with van der Waals surface area (Å²) in [6, 6.07) is 5.98. The highest BCUT2D eigenvalue weighted by atomic mass is 16.4. The first-order chi connectivity index (χ1) is 14.1. The van der Waals surface area contributed by atoms with E-state index in [1.54, 1.807) is 0 Å². The fraction of sp³-hybridized carbons (Fsp3) is 0.500. The Morgan fingerprint density at radius 3 is 2.69 bits per heavy atom. The molecule has 1 fully saturated rings. The quantitative estimate of drug-likeness (QED) is 0.632. The van der Waals surface area contributed by atoms with Gasteiger partial charge in [-0.05, 0) is 64.9 Å². The van der Waals surface area contributed by atoms with Gasteiger partial charge in [0.2, 0.25) is 0 Å². The van der Waals surface area contributed by atoms with E-state index in [1.165, 1.54) is 25.7 Å². The van der Waals surface area contributed by atoms with E-state index in [0.29, 0.717) is 12.3 Å². The summed E-state index contributed by atoms with van der Waals surface area (Å²) in [4.78, 5) is 14.8. The van der Waals surface area contributed by atoms with Gasteiger partial charge in [0.25, 0.3) is 5.89 Å². The Hall–Kier alpha value is -2.67. The Labute approximate surface area is 170 Å². The van der Waals surface area contributed by atoms with E-state index in [2.05, 4.69) is 26.5 Å². The number of aryl methyl sites for hydroxylation is 2. The normalized spacial score (nSPS) is 15.5. The number of benzene rings is 1. The van der Waals surface area contributed by atoms with Gasteiger partial charge in [0.1, 0.15) is 5.58 Å². The summed E-state index contributed by atoms with van der Waals surface area (Å²) in [5.74, 6) is 0.361. The number of furan rings is 1. The van der Waals surface area contributed by atoms with Crippen molar-refractivity contribution in [3.63, 3.8) is 0 Å². The highest BCUT2D eigenvalue weighted by Gasteiger charge is 2.21. The zero-order valence-corrected chi connectivity index (χ0v) is 17.2. The minimum atomic E-state index is -0.343. The summed E-state index contributed by atoms with van der Waals surface area (Å²) in [7, 11) is 0. The summed E-state index contributed by atoms with van der Waals surface area (Å²) >= 11 is 0. The predicted octanol–water partition coefficient (Wildman–Crippen LogP) is 4.10. The molecule has 0 radical (unpaired) electrons. The molecule has 1 aromatic carbocycles.